The van der Waals surface area contributed by atoms with Gasteiger partial charge in [-0.1, -0.05) is 156 Å². The van der Waals surface area contributed by atoms with E-state index < -0.39 is 168 Å². The Kier molecular flexibility index (Phi) is 59.4. The molecule has 0 spiro atoms. The van der Waals surface area contributed by atoms with E-state index in [0.717, 1.165) is 32.1 Å². The van der Waals surface area contributed by atoms with Gasteiger partial charge in [0.15, 0.2) is 23.1 Å². The summed E-state index contributed by atoms with van der Waals surface area (Å²) in [6, 6.07) is 1.96. The predicted molar refractivity (Wildman–Crippen MR) is 440 cm³/mol. The van der Waals surface area contributed by atoms with Gasteiger partial charge in [0.25, 0.3) is 0 Å². The summed E-state index contributed by atoms with van der Waals surface area (Å²) in [6.07, 6.45) is 3.82. The Hall–Kier alpha value is -6.58. The van der Waals surface area contributed by atoms with Crippen molar-refractivity contribution in [2.45, 2.75) is 285 Å². The number of nitrogens with two attached hydrogens (primary N) is 1. The van der Waals surface area contributed by atoms with Crippen molar-refractivity contribution < 1.29 is 106 Å². The molecule has 0 aromatic heterocycles. The van der Waals surface area contributed by atoms with Crippen LogP contribution in [0.2, 0.25) is 0 Å². The Morgan fingerprint density at radius 1 is 0.474 bits per heavy atom. The maximum absolute atomic E-state index is 15.0. The first kappa shape index (κ1) is 105. The van der Waals surface area contributed by atoms with Crippen LogP contribution in [0.25, 0.3) is 0 Å². The lowest BCUT2D eigenvalue weighted by Gasteiger charge is -2.28. The molecule has 2 rings (SSSR count). The van der Waals surface area contributed by atoms with Crippen molar-refractivity contribution >= 4 is 70.3 Å². The molecule has 664 valence electrons. The zero-order valence-electron chi connectivity index (χ0n) is 71.7. The number of aliphatic hydroxyl groups excluding tert-OH is 2. The first-order chi connectivity index (χ1) is 55.8. The standard InChI is InChI=1S/C86H148N8O22/c1-11-17-18-19-20-24-32-64(55-67(97)34-37-109-39-41-111-43-45-113-47-49-115-51-52-116-50-48-114-46-44-112-42-40-110-38-35-87)80(102)90-72(27-14-4)79(101)59-69(62(10)96)84(106)91-71(26-13-3)76(98)56-65-33-36-88-83(105)68(61(9)95)58-78(100)73(28-15-5)92-85(107)74(29-16-6)93-86(108)75(53-60(7)8)94-82(104)66(54-63-30-22-21-23-31-63)57-77(99)70(25-12-2)89-81(65)103/h21-23,30-31,60-62,64-66,68-75,95-96H,11-20,24-29,32-59,87H2,1-10H3,(H,88,105)(H,89,103)(H,90,102)(H,91,106)(H,92,107)(H,93,108)(H,94,104)/t61-,62-,64-,65-,66+,68+,69+,70+,71+,72+,73+,74+,75+/m1/s1. The summed E-state index contributed by atoms with van der Waals surface area (Å²) in [7, 11) is 0. The number of aliphatic hydroxyl groups is 2. The molecular weight excluding hydrogens is 1500 g/mol. The lowest BCUT2D eigenvalue weighted by atomic mass is 9.88. The summed E-state index contributed by atoms with van der Waals surface area (Å²) in [6.45, 7) is 23.9. The average Bonchev–Trinajstić information content (AvgIpc) is 0.976. The number of nitrogens with one attached hydrogen (secondary N) is 7. The first-order valence-electron chi connectivity index (χ1n) is 43.2. The minimum absolute atomic E-state index is 0.0445. The Balaban J connectivity index is 2.33. The number of carbonyl (C=O) groups is 12. The van der Waals surface area contributed by atoms with Crippen molar-refractivity contribution in [3.8, 4) is 0 Å². The van der Waals surface area contributed by atoms with E-state index in [0.29, 0.717) is 143 Å². The highest BCUT2D eigenvalue weighted by atomic mass is 16.6. The van der Waals surface area contributed by atoms with Gasteiger partial charge < -0.3 is 91.1 Å². The molecule has 30 heteroatoms. The number of hydrogen-bond acceptors (Lipinski definition) is 23. The molecule has 1 aromatic rings. The maximum atomic E-state index is 15.0. The van der Waals surface area contributed by atoms with Gasteiger partial charge in [-0.2, -0.15) is 0 Å². The van der Waals surface area contributed by atoms with E-state index in [1.807, 2.05) is 27.7 Å². The van der Waals surface area contributed by atoms with Gasteiger partial charge in [-0.25, -0.2) is 0 Å². The lowest BCUT2D eigenvalue weighted by molar-refractivity contribution is -0.138. The molecule has 1 aromatic carbocycles. The van der Waals surface area contributed by atoms with Gasteiger partial charge in [-0.3, -0.25) is 57.5 Å². The van der Waals surface area contributed by atoms with Crippen LogP contribution in [-0.2, 0) is 102 Å². The molecule has 0 unspecified atom stereocenters. The molecule has 1 saturated heterocycles. The topological polar surface area (TPSA) is 429 Å². The molecule has 1 heterocycles. The molecule has 0 saturated carbocycles. The van der Waals surface area contributed by atoms with Crippen LogP contribution >= 0.6 is 0 Å². The number of amides is 7. The van der Waals surface area contributed by atoms with Crippen LogP contribution in [0.4, 0.5) is 0 Å². The van der Waals surface area contributed by atoms with Crippen LogP contribution in [0.15, 0.2) is 30.3 Å². The zero-order valence-corrected chi connectivity index (χ0v) is 71.7. The number of Topliss-reactive ketones (excluding diaryl/α,β-unsaturated/α-hetero) is 5. The van der Waals surface area contributed by atoms with E-state index in [9.17, 15) is 67.7 Å². The first-order valence-corrected chi connectivity index (χ1v) is 43.2. The summed E-state index contributed by atoms with van der Waals surface area (Å²) in [4.78, 5) is 173. The number of carbonyl (C=O) groups excluding carboxylic acids is 12. The van der Waals surface area contributed by atoms with Gasteiger partial charge >= 0.3 is 0 Å². The summed E-state index contributed by atoms with van der Waals surface area (Å²) >= 11 is 0. The fourth-order valence-electron chi connectivity index (χ4n) is 13.6. The molecule has 11 N–H and O–H groups in total. The predicted octanol–water partition coefficient (Wildman–Crippen LogP) is 6.58. The second-order valence-corrected chi connectivity index (χ2v) is 30.9. The van der Waals surface area contributed by atoms with Gasteiger partial charge in [-0.05, 0) is 83.1 Å². The Labute approximate surface area is 690 Å². The molecule has 1 fully saturated rings. The second kappa shape index (κ2) is 65.3. The molecule has 0 bridgehead atoms. The Bertz CT molecular complexity index is 2950. The third-order valence-electron chi connectivity index (χ3n) is 20.3. The highest BCUT2D eigenvalue weighted by Gasteiger charge is 2.39. The quantitative estimate of drug-likeness (QED) is 0.0308. The normalized spacial score (nSPS) is 20.2. The summed E-state index contributed by atoms with van der Waals surface area (Å²) in [5.74, 6) is -13.3. The third-order valence-corrected chi connectivity index (χ3v) is 20.3. The lowest BCUT2D eigenvalue weighted by Crippen LogP contribution is -2.56. The summed E-state index contributed by atoms with van der Waals surface area (Å²) < 4.78 is 44.1. The number of unbranched alkanes of at least 4 members (excludes halogenated alkanes) is 5. The Morgan fingerprint density at radius 2 is 0.922 bits per heavy atom. The van der Waals surface area contributed by atoms with Crippen LogP contribution in [0.3, 0.4) is 0 Å². The van der Waals surface area contributed by atoms with Crippen LogP contribution in [-0.4, -0.2) is 248 Å². The van der Waals surface area contributed by atoms with E-state index in [1.165, 1.54) is 13.8 Å². The number of ketones is 5. The smallest absolute Gasteiger partial charge is 0.243 e. The highest BCUT2D eigenvalue weighted by molar-refractivity contribution is 5.99. The van der Waals surface area contributed by atoms with Crippen molar-refractivity contribution in [2.75, 3.05) is 119 Å². The summed E-state index contributed by atoms with van der Waals surface area (Å²) in [5, 5.41) is 42.0. The van der Waals surface area contributed by atoms with Gasteiger partial charge in [0.1, 0.15) is 17.9 Å². The number of rotatable bonds is 61. The number of benzene rings is 1. The van der Waals surface area contributed by atoms with Crippen LogP contribution in [0.1, 0.15) is 235 Å². The molecule has 0 aliphatic carbocycles. The van der Waals surface area contributed by atoms with E-state index in [2.05, 4.69) is 44.1 Å². The van der Waals surface area contributed by atoms with Gasteiger partial charge in [0.05, 0.1) is 154 Å². The number of ether oxygens (including phenoxy) is 8. The van der Waals surface area contributed by atoms with Crippen molar-refractivity contribution in [3.63, 3.8) is 0 Å². The second-order valence-electron chi connectivity index (χ2n) is 30.9. The van der Waals surface area contributed by atoms with E-state index in [1.54, 1.807) is 51.1 Å². The molecule has 1 aliphatic heterocycles. The van der Waals surface area contributed by atoms with Crippen LogP contribution in [0.5, 0.6) is 0 Å². The van der Waals surface area contributed by atoms with E-state index >= 15 is 0 Å². The van der Waals surface area contributed by atoms with Gasteiger partial charge in [0.2, 0.25) is 41.4 Å². The van der Waals surface area contributed by atoms with Crippen molar-refractivity contribution in [1.29, 1.82) is 0 Å². The highest BCUT2D eigenvalue weighted by Crippen LogP contribution is 2.24. The van der Waals surface area contributed by atoms with Crippen molar-refractivity contribution in [2.24, 2.45) is 41.2 Å². The maximum Gasteiger partial charge on any atom is 0.243 e. The molecule has 116 heavy (non-hydrogen) atoms. The van der Waals surface area contributed by atoms with Crippen molar-refractivity contribution in [1.82, 2.24) is 37.2 Å². The molecule has 13 atom stereocenters. The average molecular weight is 1650 g/mol. The fraction of sp³-hybridized carbons (Fsp3) is 0.791. The van der Waals surface area contributed by atoms with E-state index in [-0.39, 0.29) is 102 Å². The SMILES string of the molecule is CCCCCCCC[C@H](CC(=O)CCOCCOCCOCCOCCOCCOCCOCCOCCN)C(=O)N[C@@H](CCC)C(=O)C[C@H](C(=O)N[C@@H](CCC)C(=O)C[C@H]1CCNC(=O)[C@H]([C@@H](C)O)CC(=O)[C@H](CCC)NC(=O)[C@H](CCC)NC(=O)[C@H](CC(C)C)NC(=O)[C@@H](Cc2ccccc2)CC(=O)[C@H](CCC)NC1=O)[C@@H](C)O. The minimum atomic E-state index is -1.44. The molecule has 1 aliphatic rings. The molecule has 30 nitrogen and oxygen atoms in total. The zero-order chi connectivity index (χ0) is 85.8. The largest absolute Gasteiger partial charge is 0.393 e. The van der Waals surface area contributed by atoms with Crippen molar-refractivity contribution in [3.05, 3.63) is 35.9 Å². The van der Waals surface area contributed by atoms with Crippen LogP contribution in [0, 0.1) is 35.5 Å². The third kappa shape index (κ3) is 46.7. The molecular formula is C86H148N8O22. The van der Waals surface area contributed by atoms with Gasteiger partial charge in [-0.15, -0.1) is 0 Å². The number of hydrogen-bond donors (Lipinski definition) is 10. The minimum Gasteiger partial charge on any atom is -0.393 e. The van der Waals surface area contributed by atoms with Gasteiger partial charge in [0, 0.05) is 69.4 Å². The summed E-state index contributed by atoms with van der Waals surface area (Å²) in [5.41, 5.74) is 6.09. The fourth-order valence-corrected chi connectivity index (χ4v) is 13.6. The monoisotopic (exact) mass is 1650 g/mol. The Morgan fingerprint density at radius 3 is 1.42 bits per heavy atom. The van der Waals surface area contributed by atoms with Crippen LogP contribution < -0.4 is 43.0 Å². The molecule has 0 radical (unpaired) electrons. The van der Waals surface area contributed by atoms with E-state index in [4.69, 9.17) is 43.6 Å². The molecule has 7 amide bonds.